The van der Waals surface area contributed by atoms with Crippen molar-refractivity contribution in [2.24, 2.45) is 0 Å². The van der Waals surface area contributed by atoms with Crippen LogP contribution in [0.5, 0.6) is 5.75 Å². The molecule has 1 aromatic rings. The molecule has 1 saturated heterocycles. The Labute approximate surface area is 137 Å². The molecule has 0 saturated carbocycles. The standard InChI is InChI=1S/C17H25N3O3/c1-3-7-13-10-17(22)20(12-18-13)11-16(21)19-14-8-5-6-9-15(14)23-4-2/h5-6,8-9,13,18H,3-4,7,10-12H2,1-2H3,(H,19,21). The van der Waals surface area contributed by atoms with E-state index in [4.69, 9.17) is 4.74 Å². The van der Waals surface area contributed by atoms with E-state index in [-0.39, 0.29) is 24.4 Å². The van der Waals surface area contributed by atoms with Crippen molar-refractivity contribution in [3.63, 3.8) is 0 Å². The first-order valence-corrected chi connectivity index (χ1v) is 8.16. The van der Waals surface area contributed by atoms with Gasteiger partial charge in [-0.15, -0.1) is 0 Å². The third kappa shape index (κ3) is 4.96. The molecule has 1 aliphatic heterocycles. The Bertz CT molecular complexity index is 548. The predicted octanol–water partition coefficient (Wildman–Crippen LogP) is 1.97. The molecule has 1 aliphatic rings. The molecule has 6 nitrogen and oxygen atoms in total. The second-order valence-corrected chi connectivity index (χ2v) is 5.62. The van der Waals surface area contributed by atoms with Gasteiger partial charge in [0, 0.05) is 12.5 Å². The summed E-state index contributed by atoms with van der Waals surface area (Å²) in [6.07, 6.45) is 2.48. The zero-order chi connectivity index (χ0) is 16.7. The maximum Gasteiger partial charge on any atom is 0.244 e. The Morgan fingerprint density at radius 3 is 2.87 bits per heavy atom. The molecule has 0 aromatic heterocycles. The average Bonchev–Trinajstić information content (AvgIpc) is 2.52. The lowest BCUT2D eigenvalue weighted by molar-refractivity contribution is -0.138. The molecule has 0 spiro atoms. The molecule has 2 amide bonds. The van der Waals surface area contributed by atoms with Gasteiger partial charge in [-0.2, -0.15) is 0 Å². The smallest absolute Gasteiger partial charge is 0.244 e. The van der Waals surface area contributed by atoms with Gasteiger partial charge in [0.2, 0.25) is 11.8 Å². The lowest BCUT2D eigenvalue weighted by Gasteiger charge is -2.32. The van der Waals surface area contributed by atoms with Gasteiger partial charge in [0.1, 0.15) is 12.3 Å². The Hall–Kier alpha value is -2.08. The highest BCUT2D eigenvalue weighted by molar-refractivity contribution is 5.95. The molecule has 23 heavy (non-hydrogen) atoms. The molecule has 2 N–H and O–H groups in total. The number of carbonyl (C=O) groups is 2. The van der Waals surface area contributed by atoms with E-state index in [0.717, 1.165) is 12.8 Å². The molecule has 1 heterocycles. The van der Waals surface area contributed by atoms with Gasteiger partial charge in [-0.05, 0) is 25.5 Å². The molecule has 6 heteroatoms. The van der Waals surface area contributed by atoms with E-state index in [0.29, 0.717) is 31.1 Å². The van der Waals surface area contributed by atoms with E-state index in [2.05, 4.69) is 17.6 Å². The Balaban J connectivity index is 1.89. The van der Waals surface area contributed by atoms with Crippen LogP contribution in [0.1, 0.15) is 33.1 Å². The first-order valence-electron chi connectivity index (χ1n) is 8.16. The van der Waals surface area contributed by atoms with Gasteiger partial charge in [-0.1, -0.05) is 25.5 Å². The Morgan fingerprint density at radius 1 is 1.39 bits per heavy atom. The molecule has 1 aromatic carbocycles. The van der Waals surface area contributed by atoms with Crippen LogP contribution in [0.25, 0.3) is 0 Å². The van der Waals surface area contributed by atoms with E-state index in [9.17, 15) is 9.59 Å². The van der Waals surface area contributed by atoms with Gasteiger partial charge in [0.15, 0.2) is 0 Å². The highest BCUT2D eigenvalue weighted by Gasteiger charge is 2.26. The Morgan fingerprint density at radius 2 is 2.17 bits per heavy atom. The summed E-state index contributed by atoms with van der Waals surface area (Å²) in [4.78, 5) is 25.9. The molecule has 1 fully saturated rings. The van der Waals surface area contributed by atoms with Gasteiger partial charge >= 0.3 is 0 Å². The molecule has 126 valence electrons. The average molecular weight is 319 g/mol. The molecular weight excluding hydrogens is 294 g/mol. The van der Waals surface area contributed by atoms with Gasteiger partial charge in [0.05, 0.1) is 19.0 Å². The summed E-state index contributed by atoms with van der Waals surface area (Å²) in [5, 5.41) is 6.12. The lowest BCUT2D eigenvalue weighted by Crippen LogP contribution is -2.52. The summed E-state index contributed by atoms with van der Waals surface area (Å²) in [6, 6.07) is 7.51. The van der Waals surface area contributed by atoms with E-state index < -0.39 is 0 Å². The third-order valence-corrected chi connectivity index (χ3v) is 3.78. The highest BCUT2D eigenvalue weighted by atomic mass is 16.5. The van der Waals surface area contributed by atoms with E-state index >= 15 is 0 Å². The number of anilines is 1. The summed E-state index contributed by atoms with van der Waals surface area (Å²) < 4.78 is 5.48. The number of para-hydroxylation sites is 2. The Kier molecular flexibility index (Phi) is 6.40. The molecule has 0 bridgehead atoms. The molecular formula is C17H25N3O3. The van der Waals surface area contributed by atoms with Crippen LogP contribution in [0.15, 0.2) is 24.3 Å². The topological polar surface area (TPSA) is 70.7 Å². The number of ether oxygens (including phenoxy) is 1. The maximum atomic E-state index is 12.2. The second-order valence-electron chi connectivity index (χ2n) is 5.62. The molecule has 0 aliphatic carbocycles. The van der Waals surface area contributed by atoms with Crippen LogP contribution in [0, 0.1) is 0 Å². The SMILES string of the molecule is CCCC1CC(=O)N(CC(=O)Nc2ccccc2OCC)CN1. The van der Waals surface area contributed by atoms with Crippen molar-refractivity contribution < 1.29 is 14.3 Å². The first-order chi connectivity index (χ1) is 11.1. The maximum absolute atomic E-state index is 12.2. The number of rotatable bonds is 7. The molecule has 1 unspecified atom stereocenters. The summed E-state index contributed by atoms with van der Waals surface area (Å²) in [5.74, 6) is 0.436. The van der Waals surface area contributed by atoms with Crippen molar-refractivity contribution in [2.75, 3.05) is 25.1 Å². The van der Waals surface area contributed by atoms with Crippen LogP contribution in [-0.2, 0) is 9.59 Å². The minimum atomic E-state index is -0.221. The van der Waals surface area contributed by atoms with Crippen LogP contribution < -0.4 is 15.4 Å². The third-order valence-electron chi connectivity index (χ3n) is 3.78. The van der Waals surface area contributed by atoms with Gasteiger partial charge < -0.3 is 15.0 Å². The minimum absolute atomic E-state index is 0.0236. The number of nitrogens with zero attached hydrogens (tertiary/aromatic N) is 1. The van der Waals surface area contributed by atoms with Gasteiger partial charge in [-0.3, -0.25) is 14.9 Å². The fourth-order valence-corrected chi connectivity index (χ4v) is 2.65. The van der Waals surface area contributed by atoms with Crippen LogP contribution >= 0.6 is 0 Å². The fourth-order valence-electron chi connectivity index (χ4n) is 2.65. The first kappa shape index (κ1) is 17.3. The second kappa shape index (κ2) is 8.53. The van der Waals surface area contributed by atoms with E-state index in [1.807, 2.05) is 25.1 Å². The van der Waals surface area contributed by atoms with Crippen molar-refractivity contribution in [1.29, 1.82) is 0 Å². The van der Waals surface area contributed by atoms with Crippen molar-refractivity contribution >= 4 is 17.5 Å². The van der Waals surface area contributed by atoms with Crippen molar-refractivity contribution in [1.82, 2.24) is 10.2 Å². The quantitative estimate of drug-likeness (QED) is 0.806. The number of amides is 2. The number of carbonyl (C=O) groups excluding carboxylic acids is 2. The van der Waals surface area contributed by atoms with Crippen LogP contribution in [0.2, 0.25) is 0 Å². The molecule has 2 rings (SSSR count). The minimum Gasteiger partial charge on any atom is -0.492 e. The number of benzene rings is 1. The summed E-state index contributed by atoms with van der Waals surface area (Å²) in [6.45, 7) is 4.99. The molecule has 1 atom stereocenters. The van der Waals surface area contributed by atoms with Crippen LogP contribution in [0.4, 0.5) is 5.69 Å². The van der Waals surface area contributed by atoms with E-state index in [1.165, 1.54) is 0 Å². The van der Waals surface area contributed by atoms with Gasteiger partial charge in [0.25, 0.3) is 0 Å². The zero-order valence-corrected chi connectivity index (χ0v) is 13.8. The van der Waals surface area contributed by atoms with Crippen molar-refractivity contribution in [3.05, 3.63) is 24.3 Å². The normalized spacial score (nSPS) is 17.9. The summed E-state index contributed by atoms with van der Waals surface area (Å²) in [7, 11) is 0. The highest BCUT2D eigenvalue weighted by Crippen LogP contribution is 2.23. The van der Waals surface area contributed by atoms with E-state index in [1.54, 1.807) is 11.0 Å². The monoisotopic (exact) mass is 319 g/mol. The fraction of sp³-hybridized carbons (Fsp3) is 0.529. The lowest BCUT2D eigenvalue weighted by atomic mass is 10.1. The summed E-state index contributed by atoms with van der Waals surface area (Å²) >= 11 is 0. The van der Waals surface area contributed by atoms with Crippen molar-refractivity contribution in [2.45, 2.75) is 39.2 Å². The van der Waals surface area contributed by atoms with Crippen LogP contribution in [0.3, 0.4) is 0 Å². The van der Waals surface area contributed by atoms with Crippen LogP contribution in [-0.4, -0.2) is 42.6 Å². The predicted molar refractivity (Wildman–Crippen MR) is 89.3 cm³/mol. The number of hydrogen-bond acceptors (Lipinski definition) is 4. The number of nitrogens with one attached hydrogen (secondary N) is 2. The summed E-state index contributed by atoms with van der Waals surface area (Å²) in [5.41, 5.74) is 0.626. The van der Waals surface area contributed by atoms with Gasteiger partial charge in [-0.25, -0.2) is 0 Å². The largest absolute Gasteiger partial charge is 0.492 e. The number of hydrogen-bond donors (Lipinski definition) is 2. The zero-order valence-electron chi connectivity index (χ0n) is 13.8. The van der Waals surface area contributed by atoms with Crippen molar-refractivity contribution in [3.8, 4) is 5.75 Å². The molecule has 0 radical (unpaired) electrons.